The molecule has 3 heteroatoms. The van der Waals surface area contributed by atoms with E-state index in [9.17, 15) is 0 Å². The highest BCUT2D eigenvalue weighted by atomic mass is 15.1. The molecule has 1 rings (SSSR count). The largest absolute Gasteiger partial charge is 0.191 e. The molecule has 8 heavy (non-hydrogen) atoms. The van der Waals surface area contributed by atoms with Crippen molar-refractivity contribution in [2.24, 2.45) is 0 Å². The molecule has 1 aromatic rings. The molecule has 0 unspecified atom stereocenters. The van der Waals surface area contributed by atoms with E-state index in [2.05, 4.69) is 16.3 Å². The molecule has 0 saturated carbocycles. The van der Waals surface area contributed by atoms with Crippen molar-refractivity contribution in [3.05, 3.63) is 24.0 Å². The summed E-state index contributed by atoms with van der Waals surface area (Å²) >= 11 is 0. The van der Waals surface area contributed by atoms with E-state index in [1.54, 1.807) is 0 Å². The standard InChI is InChI=1S/C5H2N3/c6-4-5-2-1-3-7-8-5/h2-3H. The molecule has 0 amide bonds. The topological polar surface area (TPSA) is 49.6 Å². The fourth-order valence-electron chi connectivity index (χ4n) is 0.324. The lowest BCUT2D eigenvalue weighted by atomic mass is 10.4. The van der Waals surface area contributed by atoms with Gasteiger partial charge in [-0.15, -0.1) is 5.10 Å². The summed E-state index contributed by atoms with van der Waals surface area (Å²) in [6, 6.07) is 5.92. The zero-order valence-electron chi connectivity index (χ0n) is 4.00. The Hall–Kier alpha value is -1.43. The molecule has 3 nitrogen and oxygen atoms in total. The molecule has 0 aliphatic carbocycles. The van der Waals surface area contributed by atoms with E-state index in [-0.39, 0.29) is 0 Å². The lowest BCUT2D eigenvalue weighted by molar-refractivity contribution is 1.01. The molecule has 0 N–H and O–H groups in total. The fourth-order valence-corrected chi connectivity index (χ4v) is 0.324. The Kier molecular flexibility index (Phi) is 1.20. The third-order valence-electron chi connectivity index (χ3n) is 0.632. The average molecular weight is 104 g/mol. The summed E-state index contributed by atoms with van der Waals surface area (Å²) in [4.78, 5) is 0. The molecule has 0 aliphatic rings. The summed E-state index contributed by atoms with van der Waals surface area (Å²) < 4.78 is 0. The van der Waals surface area contributed by atoms with Crippen LogP contribution in [0.2, 0.25) is 0 Å². The summed E-state index contributed by atoms with van der Waals surface area (Å²) in [5.74, 6) is 0. The second-order valence-corrected chi connectivity index (χ2v) is 1.15. The zero-order valence-corrected chi connectivity index (χ0v) is 4.00. The molecule has 0 fully saturated rings. The number of nitrogens with zero attached hydrogens (tertiary/aromatic N) is 3. The average Bonchev–Trinajstić information content (AvgIpc) is 1.90. The van der Waals surface area contributed by atoms with Crippen molar-refractivity contribution in [3.8, 4) is 6.07 Å². The van der Waals surface area contributed by atoms with E-state index in [1.807, 2.05) is 6.07 Å². The molecule has 0 saturated heterocycles. The van der Waals surface area contributed by atoms with Crippen LogP contribution in [0, 0.1) is 17.4 Å². The SMILES string of the molecule is N#Cc1c[c]cnn1. The highest BCUT2D eigenvalue weighted by Crippen LogP contribution is 1.82. The van der Waals surface area contributed by atoms with Crippen LogP contribution in [0.15, 0.2) is 12.3 Å². The van der Waals surface area contributed by atoms with Crippen LogP contribution in [0.4, 0.5) is 0 Å². The van der Waals surface area contributed by atoms with Crippen molar-refractivity contribution in [1.29, 1.82) is 5.26 Å². The molecule has 1 aromatic heterocycles. The summed E-state index contributed by atoms with van der Waals surface area (Å²) in [6.07, 6.45) is 1.40. The van der Waals surface area contributed by atoms with Gasteiger partial charge in [0.05, 0.1) is 6.20 Å². The van der Waals surface area contributed by atoms with Gasteiger partial charge in [-0.2, -0.15) is 10.4 Å². The van der Waals surface area contributed by atoms with Gasteiger partial charge in [-0.3, -0.25) is 0 Å². The van der Waals surface area contributed by atoms with Gasteiger partial charge in [0.1, 0.15) is 6.07 Å². The number of nitriles is 1. The predicted octanol–water partition coefficient (Wildman–Crippen LogP) is 0.148. The van der Waals surface area contributed by atoms with E-state index in [0.29, 0.717) is 5.69 Å². The molecule has 37 valence electrons. The van der Waals surface area contributed by atoms with E-state index in [0.717, 1.165) is 0 Å². The molecule has 0 atom stereocenters. The fraction of sp³-hybridized carbons (Fsp3) is 0. The van der Waals surface area contributed by atoms with Crippen LogP contribution < -0.4 is 0 Å². The Morgan fingerprint density at radius 2 is 2.62 bits per heavy atom. The highest BCUT2D eigenvalue weighted by Gasteiger charge is 1.83. The summed E-state index contributed by atoms with van der Waals surface area (Å²) in [7, 11) is 0. The van der Waals surface area contributed by atoms with Crippen LogP contribution in [0.5, 0.6) is 0 Å². The Morgan fingerprint density at radius 3 is 3.00 bits per heavy atom. The van der Waals surface area contributed by atoms with Crippen LogP contribution in [-0.4, -0.2) is 10.2 Å². The Balaban J connectivity index is 3.05. The first-order valence-electron chi connectivity index (χ1n) is 2.02. The van der Waals surface area contributed by atoms with Crippen molar-refractivity contribution >= 4 is 0 Å². The van der Waals surface area contributed by atoms with Gasteiger partial charge in [-0.25, -0.2) is 0 Å². The molecule has 0 spiro atoms. The Bertz CT molecular complexity index is 199. The maximum absolute atomic E-state index is 8.17. The normalized spacial score (nSPS) is 7.88. The van der Waals surface area contributed by atoms with Crippen molar-refractivity contribution in [1.82, 2.24) is 10.2 Å². The van der Waals surface area contributed by atoms with E-state index in [4.69, 9.17) is 5.26 Å². The van der Waals surface area contributed by atoms with Crippen LogP contribution in [0.1, 0.15) is 5.69 Å². The molecule has 0 aliphatic heterocycles. The molecular formula is C5H2N3. The zero-order chi connectivity index (χ0) is 5.82. The summed E-state index contributed by atoms with van der Waals surface area (Å²) in [5, 5.41) is 15.0. The smallest absolute Gasteiger partial charge is 0.163 e. The molecule has 1 heterocycles. The summed E-state index contributed by atoms with van der Waals surface area (Å²) in [6.45, 7) is 0. The molecular weight excluding hydrogens is 102 g/mol. The lowest BCUT2D eigenvalue weighted by Gasteiger charge is -1.77. The van der Waals surface area contributed by atoms with Gasteiger partial charge in [-0.1, -0.05) is 0 Å². The number of hydrogen-bond acceptors (Lipinski definition) is 3. The minimum Gasteiger partial charge on any atom is -0.191 e. The van der Waals surface area contributed by atoms with Gasteiger partial charge in [0, 0.05) is 6.07 Å². The van der Waals surface area contributed by atoms with Crippen LogP contribution in [0.25, 0.3) is 0 Å². The number of aromatic nitrogens is 2. The third-order valence-corrected chi connectivity index (χ3v) is 0.632. The van der Waals surface area contributed by atoms with E-state index < -0.39 is 0 Å². The van der Waals surface area contributed by atoms with E-state index >= 15 is 0 Å². The van der Waals surface area contributed by atoms with Gasteiger partial charge in [-0.05, 0) is 6.07 Å². The minimum atomic E-state index is 0.299. The Labute approximate surface area is 46.6 Å². The van der Waals surface area contributed by atoms with Gasteiger partial charge < -0.3 is 0 Å². The maximum atomic E-state index is 8.17. The first kappa shape index (κ1) is 4.72. The highest BCUT2D eigenvalue weighted by molar-refractivity contribution is 5.15. The summed E-state index contributed by atoms with van der Waals surface area (Å²) in [5.41, 5.74) is 0.299. The number of rotatable bonds is 0. The second-order valence-electron chi connectivity index (χ2n) is 1.15. The first-order valence-corrected chi connectivity index (χ1v) is 2.02. The van der Waals surface area contributed by atoms with Crippen molar-refractivity contribution in [3.63, 3.8) is 0 Å². The van der Waals surface area contributed by atoms with Crippen LogP contribution >= 0.6 is 0 Å². The van der Waals surface area contributed by atoms with Crippen molar-refractivity contribution in [2.75, 3.05) is 0 Å². The monoisotopic (exact) mass is 104 g/mol. The van der Waals surface area contributed by atoms with Crippen LogP contribution in [0.3, 0.4) is 0 Å². The number of hydrogen-bond donors (Lipinski definition) is 0. The third kappa shape index (κ3) is 0.793. The minimum absolute atomic E-state index is 0.299. The van der Waals surface area contributed by atoms with Crippen molar-refractivity contribution < 1.29 is 0 Å². The second kappa shape index (κ2) is 2.03. The van der Waals surface area contributed by atoms with Crippen molar-refractivity contribution in [2.45, 2.75) is 0 Å². The molecule has 0 bridgehead atoms. The van der Waals surface area contributed by atoms with Crippen LogP contribution in [-0.2, 0) is 0 Å². The van der Waals surface area contributed by atoms with Gasteiger partial charge in [0.2, 0.25) is 0 Å². The maximum Gasteiger partial charge on any atom is 0.163 e. The van der Waals surface area contributed by atoms with E-state index in [1.165, 1.54) is 12.3 Å². The molecule has 1 radical (unpaired) electrons. The molecule has 0 aromatic carbocycles. The van der Waals surface area contributed by atoms with Gasteiger partial charge in [0.15, 0.2) is 5.69 Å². The lowest BCUT2D eigenvalue weighted by Crippen LogP contribution is -1.82. The quantitative estimate of drug-likeness (QED) is 0.470. The van der Waals surface area contributed by atoms with Gasteiger partial charge in [0.25, 0.3) is 0 Å². The first-order chi connectivity index (χ1) is 3.93. The Morgan fingerprint density at radius 1 is 1.75 bits per heavy atom. The van der Waals surface area contributed by atoms with Gasteiger partial charge >= 0.3 is 0 Å². The predicted molar refractivity (Wildman–Crippen MR) is 25.6 cm³/mol.